The van der Waals surface area contributed by atoms with Crippen LogP contribution in [0, 0.1) is 0 Å². The first-order valence-corrected chi connectivity index (χ1v) is 14.4. The van der Waals surface area contributed by atoms with Gasteiger partial charge in [0.05, 0.1) is 6.85 Å². The Morgan fingerprint density at radius 2 is 1.00 bits per heavy atom. The summed E-state index contributed by atoms with van der Waals surface area (Å²) in [6, 6.07) is 42.0. The number of fused-ring (bicyclic) bond motifs is 7. The van der Waals surface area contributed by atoms with Crippen LogP contribution in [0.2, 0.25) is 0 Å². The fourth-order valence-corrected chi connectivity index (χ4v) is 6.63. The number of hydrogen-bond acceptors (Lipinski definition) is 1. The maximum atomic E-state index is 8.59. The van der Waals surface area contributed by atoms with Crippen LogP contribution in [0.3, 0.4) is 0 Å². The second-order valence-corrected chi connectivity index (χ2v) is 10.9. The molecule has 9 rings (SSSR count). The number of furan rings is 1. The van der Waals surface area contributed by atoms with E-state index in [1.807, 2.05) is 48.5 Å². The van der Waals surface area contributed by atoms with Crippen molar-refractivity contribution in [3.05, 3.63) is 158 Å². The zero-order valence-corrected chi connectivity index (χ0v) is 23.0. The standard InChI is InChI=1S/C42H26O/c1-2-11-27(12-3-1)29-14-10-15-30(25-29)40-33-17-6-8-19-35(33)41(36-20-9-7-18-34(36)40)31-22-24-39-38(26-31)37-23-21-28-13-4-5-16-32(28)42(37)43-39/h1-26H/i1D,2D,3D,11D,12D. The van der Waals surface area contributed by atoms with E-state index < -0.39 is 6.04 Å². The molecule has 1 aromatic heterocycles. The highest BCUT2D eigenvalue weighted by atomic mass is 16.3. The first-order chi connectivity index (χ1) is 23.4. The summed E-state index contributed by atoms with van der Waals surface area (Å²) in [6.07, 6.45) is 0. The van der Waals surface area contributed by atoms with Crippen LogP contribution >= 0.6 is 0 Å². The lowest BCUT2D eigenvalue weighted by Crippen LogP contribution is -1.91. The van der Waals surface area contributed by atoms with Gasteiger partial charge in [0.15, 0.2) is 0 Å². The van der Waals surface area contributed by atoms with Gasteiger partial charge < -0.3 is 4.42 Å². The minimum absolute atomic E-state index is 0.196. The molecule has 9 aromatic rings. The molecule has 1 nitrogen and oxygen atoms in total. The lowest BCUT2D eigenvalue weighted by atomic mass is 9.85. The van der Waals surface area contributed by atoms with Gasteiger partial charge in [0.2, 0.25) is 0 Å². The zero-order chi connectivity index (χ0) is 32.7. The Morgan fingerprint density at radius 1 is 0.395 bits per heavy atom. The minimum atomic E-state index is -0.396. The van der Waals surface area contributed by atoms with Crippen LogP contribution in [0.4, 0.5) is 0 Å². The summed E-state index contributed by atoms with van der Waals surface area (Å²) in [4.78, 5) is 0. The number of hydrogen-bond donors (Lipinski definition) is 0. The van der Waals surface area contributed by atoms with Crippen LogP contribution < -0.4 is 0 Å². The smallest absolute Gasteiger partial charge is 0.143 e. The van der Waals surface area contributed by atoms with Crippen LogP contribution in [-0.2, 0) is 0 Å². The van der Waals surface area contributed by atoms with Crippen molar-refractivity contribution in [1.29, 1.82) is 0 Å². The van der Waals surface area contributed by atoms with Crippen LogP contribution in [-0.4, -0.2) is 0 Å². The van der Waals surface area contributed by atoms with E-state index in [9.17, 15) is 0 Å². The molecule has 0 atom stereocenters. The quantitative estimate of drug-likeness (QED) is 0.199. The molecule has 0 radical (unpaired) electrons. The van der Waals surface area contributed by atoms with E-state index in [1.165, 1.54) is 0 Å². The second-order valence-electron chi connectivity index (χ2n) is 10.9. The molecule has 0 saturated heterocycles. The van der Waals surface area contributed by atoms with Gasteiger partial charge in [-0.15, -0.1) is 0 Å². The minimum Gasteiger partial charge on any atom is -0.455 e. The van der Waals surface area contributed by atoms with Crippen molar-refractivity contribution in [2.24, 2.45) is 0 Å². The maximum Gasteiger partial charge on any atom is 0.143 e. The third-order valence-corrected chi connectivity index (χ3v) is 8.52. The summed E-state index contributed by atoms with van der Waals surface area (Å²) in [5.41, 5.74) is 6.66. The van der Waals surface area contributed by atoms with Crippen molar-refractivity contribution < 1.29 is 11.3 Å². The van der Waals surface area contributed by atoms with Crippen molar-refractivity contribution in [1.82, 2.24) is 0 Å². The molecule has 0 fully saturated rings. The Balaban J connectivity index is 1.31. The molecular weight excluding hydrogens is 520 g/mol. The Hall–Kier alpha value is -5.66. The Kier molecular flexibility index (Phi) is 4.27. The van der Waals surface area contributed by atoms with Gasteiger partial charge in [-0.25, -0.2) is 0 Å². The van der Waals surface area contributed by atoms with Crippen LogP contribution in [0.5, 0.6) is 0 Å². The van der Waals surface area contributed by atoms with Gasteiger partial charge in [0.1, 0.15) is 11.2 Å². The predicted octanol–water partition coefficient (Wildman–Crippen LogP) is 12.0. The van der Waals surface area contributed by atoms with E-state index in [2.05, 4.69) is 78.9 Å². The Morgan fingerprint density at radius 3 is 1.70 bits per heavy atom. The van der Waals surface area contributed by atoms with Crippen LogP contribution in [0.1, 0.15) is 6.85 Å². The fraction of sp³-hybridized carbons (Fsp3) is 0. The monoisotopic (exact) mass is 551 g/mol. The Bertz CT molecular complexity index is 2710. The molecular formula is C42H26O. The highest BCUT2D eigenvalue weighted by molar-refractivity contribution is 6.23. The molecule has 8 aromatic carbocycles. The average molecular weight is 552 g/mol. The van der Waals surface area contributed by atoms with Crippen LogP contribution in [0.25, 0.3) is 87.6 Å². The molecule has 0 aliphatic rings. The van der Waals surface area contributed by atoms with Gasteiger partial charge >= 0.3 is 0 Å². The summed E-state index contributed by atoms with van der Waals surface area (Å²) in [5.74, 6) is 0. The molecule has 0 spiro atoms. The van der Waals surface area contributed by atoms with Gasteiger partial charge in [0, 0.05) is 16.2 Å². The van der Waals surface area contributed by atoms with E-state index in [-0.39, 0.29) is 29.7 Å². The molecule has 200 valence electrons. The van der Waals surface area contributed by atoms with Crippen molar-refractivity contribution in [3.8, 4) is 33.4 Å². The lowest BCUT2D eigenvalue weighted by molar-refractivity contribution is 0.672. The molecule has 1 heterocycles. The van der Waals surface area contributed by atoms with Crippen molar-refractivity contribution in [2.75, 3.05) is 0 Å². The van der Waals surface area contributed by atoms with Gasteiger partial charge in [0.25, 0.3) is 0 Å². The number of benzene rings is 8. The topological polar surface area (TPSA) is 13.1 Å². The largest absolute Gasteiger partial charge is 0.455 e. The summed E-state index contributed by atoms with van der Waals surface area (Å²) in [6.45, 7) is 0. The summed E-state index contributed by atoms with van der Waals surface area (Å²) in [5, 5.41) is 8.71. The van der Waals surface area contributed by atoms with Gasteiger partial charge in [-0.05, 0) is 84.6 Å². The summed E-state index contributed by atoms with van der Waals surface area (Å²) in [7, 11) is 0. The second kappa shape index (κ2) is 9.44. The summed E-state index contributed by atoms with van der Waals surface area (Å²) < 4.78 is 48.1. The molecule has 0 saturated carbocycles. The van der Waals surface area contributed by atoms with E-state index in [0.29, 0.717) is 5.56 Å². The first-order valence-electron chi connectivity index (χ1n) is 16.9. The Labute approximate surface area is 256 Å². The van der Waals surface area contributed by atoms with Crippen molar-refractivity contribution in [2.45, 2.75) is 0 Å². The van der Waals surface area contributed by atoms with E-state index >= 15 is 0 Å². The molecule has 1 heteroatoms. The molecule has 0 aliphatic heterocycles. The van der Waals surface area contributed by atoms with E-state index in [0.717, 1.165) is 76.5 Å². The van der Waals surface area contributed by atoms with Crippen molar-refractivity contribution >= 4 is 54.3 Å². The maximum absolute atomic E-state index is 8.59. The van der Waals surface area contributed by atoms with Gasteiger partial charge in [-0.3, -0.25) is 0 Å². The molecule has 0 N–H and O–H groups in total. The average Bonchev–Trinajstić information content (AvgIpc) is 3.51. The molecule has 0 aliphatic carbocycles. The zero-order valence-electron chi connectivity index (χ0n) is 28.0. The third-order valence-electron chi connectivity index (χ3n) is 8.52. The molecule has 0 bridgehead atoms. The van der Waals surface area contributed by atoms with Gasteiger partial charge in [-0.1, -0.05) is 133 Å². The third kappa shape index (κ3) is 3.72. The van der Waals surface area contributed by atoms with Crippen LogP contribution in [0.15, 0.2) is 162 Å². The summed E-state index contributed by atoms with van der Waals surface area (Å²) >= 11 is 0. The SMILES string of the molecule is [2H]c1c([2H])c([2H])c(-c2cccc(-c3c4ccccc4c(-c4ccc5oc6c7ccccc7ccc6c5c4)c4ccccc34)c2)c([2H])c1[2H]. The van der Waals surface area contributed by atoms with E-state index in [1.54, 1.807) is 0 Å². The highest BCUT2D eigenvalue weighted by Crippen LogP contribution is 2.45. The molecule has 43 heavy (non-hydrogen) atoms. The number of rotatable bonds is 3. The normalized spacial score (nSPS) is 13.3. The van der Waals surface area contributed by atoms with Crippen molar-refractivity contribution in [3.63, 3.8) is 0 Å². The molecule has 0 amide bonds. The van der Waals surface area contributed by atoms with E-state index in [4.69, 9.17) is 11.3 Å². The first kappa shape index (κ1) is 19.5. The molecule has 0 unspecified atom stereocenters. The predicted molar refractivity (Wildman–Crippen MR) is 183 cm³/mol. The fourth-order valence-electron chi connectivity index (χ4n) is 6.63. The van der Waals surface area contributed by atoms with Gasteiger partial charge in [-0.2, -0.15) is 0 Å². The lowest BCUT2D eigenvalue weighted by Gasteiger charge is -2.18. The highest BCUT2D eigenvalue weighted by Gasteiger charge is 2.18.